The van der Waals surface area contributed by atoms with Crippen LogP contribution in [0.5, 0.6) is 11.6 Å². The number of aromatic nitrogens is 1. The molecule has 0 atom stereocenters. The first-order valence-electron chi connectivity index (χ1n) is 6.31. The Bertz CT molecular complexity index is 656. The smallest absolute Gasteiger partial charge is 0.340 e. The van der Waals surface area contributed by atoms with Gasteiger partial charge in [0.05, 0.1) is 12.7 Å². The first-order valence-corrected chi connectivity index (χ1v) is 6.31. The van der Waals surface area contributed by atoms with E-state index in [9.17, 15) is 4.79 Å². The van der Waals surface area contributed by atoms with Crippen LogP contribution in [-0.4, -0.2) is 32.2 Å². The van der Waals surface area contributed by atoms with Gasteiger partial charge in [0.2, 0.25) is 5.88 Å². The van der Waals surface area contributed by atoms with Gasteiger partial charge in [0.15, 0.2) is 0 Å². The summed E-state index contributed by atoms with van der Waals surface area (Å²) in [6, 6.07) is 8.95. The van der Waals surface area contributed by atoms with Crippen molar-refractivity contribution in [1.82, 2.24) is 4.98 Å². The summed E-state index contributed by atoms with van der Waals surface area (Å²) >= 11 is 0. The van der Waals surface area contributed by atoms with Crippen LogP contribution in [0.4, 0.5) is 11.4 Å². The number of methoxy groups -OCH3 is 1. The van der Waals surface area contributed by atoms with E-state index >= 15 is 0 Å². The number of benzene rings is 1. The van der Waals surface area contributed by atoms with Crippen LogP contribution in [0, 0.1) is 0 Å². The molecule has 6 nitrogen and oxygen atoms in total. The van der Waals surface area contributed by atoms with Crippen LogP contribution in [0.3, 0.4) is 0 Å². The highest BCUT2D eigenvalue weighted by Crippen LogP contribution is 2.29. The number of nitrogens with two attached hydrogens (primary N) is 1. The maximum Gasteiger partial charge on any atom is 0.340 e. The van der Waals surface area contributed by atoms with Gasteiger partial charge < -0.3 is 20.1 Å². The van der Waals surface area contributed by atoms with Crippen LogP contribution in [0.15, 0.2) is 36.5 Å². The van der Waals surface area contributed by atoms with Crippen molar-refractivity contribution >= 4 is 17.3 Å². The SMILES string of the molecule is COC(=O)c1ccnc(Oc2cccc(N(C)C)c2)c1N. The number of nitrogens with zero attached hydrogens (tertiary/aromatic N) is 2. The van der Waals surface area contributed by atoms with Crippen LogP contribution in [-0.2, 0) is 4.74 Å². The van der Waals surface area contributed by atoms with Crippen LogP contribution in [0.25, 0.3) is 0 Å². The molecular formula is C15H17N3O3. The van der Waals surface area contributed by atoms with Crippen molar-refractivity contribution in [3.05, 3.63) is 42.1 Å². The maximum atomic E-state index is 11.6. The molecule has 6 heteroatoms. The second-order valence-electron chi connectivity index (χ2n) is 4.56. The van der Waals surface area contributed by atoms with E-state index < -0.39 is 5.97 Å². The topological polar surface area (TPSA) is 77.7 Å². The van der Waals surface area contributed by atoms with E-state index in [1.165, 1.54) is 19.4 Å². The van der Waals surface area contributed by atoms with Crippen molar-refractivity contribution in [3.8, 4) is 11.6 Å². The van der Waals surface area contributed by atoms with Crippen LogP contribution in [0.2, 0.25) is 0 Å². The molecule has 1 heterocycles. The van der Waals surface area contributed by atoms with E-state index in [-0.39, 0.29) is 17.1 Å². The highest BCUT2D eigenvalue weighted by Gasteiger charge is 2.15. The maximum absolute atomic E-state index is 11.6. The fourth-order valence-electron chi connectivity index (χ4n) is 1.76. The summed E-state index contributed by atoms with van der Waals surface area (Å²) in [4.78, 5) is 17.6. The molecule has 0 spiro atoms. The summed E-state index contributed by atoms with van der Waals surface area (Å²) in [5, 5.41) is 0. The Hall–Kier alpha value is -2.76. The van der Waals surface area contributed by atoms with Crippen molar-refractivity contribution in [2.75, 3.05) is 31.8 Å². The third kappa shape index (κ3) is 3.22. The third-order valence-electron chi connectivity index (χ3n) is 2.91. The number of nitrogen functional groups attached to an aromatic ring is 1. The fraction of sp³-hybridized carbons (Fsp3) is 0.200. The van der Waals surface area contributed by atoms with Gasteiger partial charge in [0.25, 0.3) is 0 Å². The number of hydrogen-bond acceptors (Lipinski definition) is 6. The van der Waals surface area contributed by atoms with E-state index in [1.807, 2.05) is 37.2 Å². The van der Waals surface area contributed by atoms with Gasteiger partial charge in [-0.3, -0.25) is 0 Å². The normalized spacial score (nSPS) is 10.0. The number of esters is 1. The van der Waals surface area contributed by atoms with Gasteiger partial charge in [-0.2, -0.15) is 0 Å². The lowest BCUT2D eigenvalue weighted by Gasteiger charge is -2.14. The predicted molar refractivity (Wildman–Crippen MR) is 80.8 cm³/mol. The highest BCUT2D eigenvalue weighted by molar-refractivity contribution is 5.96. The predicted octanol–water partition coefficient (Wildman–Crippen LogP) is 2.31. The lowest BCUT2D eigenvalue weighted by Crippen LogP contribution is -2.09. The summed E-state index contributed by atoms with van der Waals surface area (Å²) in [6.07, 6.45) is 1.45. The molecular weight excluding hydrogens is 270 g/mol. The van der Waals surface area contributed by atoms with Crippen molar-refractivity contribution < 1.29 is 14.3 Å². The van der Waals surface area contributed by atoms with Gasteiger partial charge in [-0.1, -0.05) is 6.07 Å². The minimum Gasteiger partial charge on any atom is -0.465 e. The van der Waals surface area contributed by atoms with E-state index in [0.717, 1.165) is 5.69 Å². The quantitative estimate of drug-likeness (QED) is 0.869. The fourth-order valence-corrected chi connectivity index (χ4v) is 1.76. The van der Waals surface area contributed by atoms with Crippen molar-refractivity contribution in [3.63, 3.8) is 0 Å². The molecule has 0 saturated carbocycles. The lowest BCUT2D eigenvalue weighted by atomic mass is 10.2. The van der Waals surface area contributed by atoms with Gasteiger partial charge >= 0.3 is 5.97 Å². The zero-order chi connectivity index (χ0) is 15.4. The molecule has 2 aromatic rings. The number of hydrogen-bond donors (Lipinski definition) is 1. The average molecular weight is 287 g/mol. The summed E-state index contributed by atoms with van der Waals surface area (Å²) in [6.45, 7) is 0. The Balaban J connectivity index is 2.32. The van der Waals surface area contributed by atoms with Crippen molar-refractivity contribution in [2.24, 2.45) is 0 Å². The van der Waals surface area contributed by atoms with E-state index in [4.69, 9.17) is 10.5 Å². The second-order valence-corrected chi connectivity index (χ2v) is 4.56. The lowest BCUT2D eigenvalue weighted by molar-refractivity contribution is 0.0601. The van der Waals surface area contributed by atoms with Gasteiger partial charge in [-0.25, -0.2) is 9.78 Å². The monoisotopic (exact) mass is 287 g/mol. The molecule has 110 valence electrons. The second kappa shape index (κ2) is 6.13. The number of carbonyl (C=O) groups is 1. The number of anilines is 2. The van der Waals surface area contributed by atoms with Gasteiger partial charge in [-0.05, 0) is 18.2 Å². The molecule has 21 heavy (non-hydrogen) atoms. The first-order chi connectivity index (χ1) is 10.0. The van der Waals surface area contributed by atoms with E-state index in [2.05, 4.69) is 9.72 Å². The summed E-state index contributed by atoms with van der Waals surface area (Å²) in [5.74, 6) is 0.234. The molecule has 0 bridgehead atoms. The molecule has 0 aliphatic carbocycles. The largest absolute Gasteiger partial charge is 0.465 e. The molecule has 0 saturated heterocycles. The van der Waals surface area contributed by atoms with Crippen molar-refractivity contribution in [1.29, 1.82) is 0 Å². The molecule has 2 N–H and O–H groups in total. The average Bonchev–Trinajstić information content (AvgIpc) is 2.49. The van der Waals surface area contributed by atoms with Gasteiger partial charge in [-0.15, -0.1) is 0 Å². The Labute approximate surface area is 123 Å². The number of carbonyl (C=O) groups excluding carboxylic acids is 1. The number of pyridine rings is 1. The highest BCUT2D eigenvalue weighted by atomic mass is 16.5. The Morgan fingerprint density at radius 2 is 2.05 bits per heavy atom. The van der Waals surface area contributed by atoms with Gasteiger partial charge in [0.1, 0.15) is 11.4 Å². The Kier molecular flexibility index (Phi) is 4.27. The first kappa shape index (κ1) is 14.6. The molecule has 0 aliphatic heterocycles. The van der Waals surface area contributed by atoms with Gasteiger partial charge in [0, 0.05) is 32.0 Å². The summed E-state index contributed by atoms with van der Waals surface area (Å²) < 4.78 is 10.3. The Morgan fingerprint density at radius 1 is 1.29 bits per heavy atom. The van der Waals surface area contributed by atoms with E-state index in [1.54, 1.807) is 6.07 Å². The molecule has 0 radical (unpaired) electrons. The molecule has 0 fully saturated rings. The molecule has 0 amide bonds. The molecule has 0 aliphatic rings. The van der Waals surface area contributed by atoms with Crippen molar-refractivity contribution in [2.45, 2.75) is 0 Å². The summed E-state index contributed by atoms with van der Waals surface area (Å²) in [5.41, 5.74) is 7.27. The Morgan fingerprint density at radius 3 is 2.71 bits per heavy atom. The summed E-state index contributed by atoms with van der Waals surface area (Å²) in [7, 11) is 5.16. The molecule has 1 aromatic heterocycles. The number of ether oxygens (including phenoxy) is 2. The standard InChI is InChI=1S/C15H17N3O3/c1-18(2)10-5-4-6-11(9-10)21-14-13(16)12(7-8-17-14)15(19)20-3/h4-9H,16H2,1-3H3. The molecule has 2 rings (SSSR count). The third-order valence-corrected chi connectivity index (χ3v) is 2.91. The number of rotatable bonds is 4. The van der Waals surface area contributed by atoms with E-state index in [0.29, 0.717) is 5.75 Å². The zero-order valence-corrected chi connectivity index (χ0v) is 12.2. The molecule has 0 unspecified atom stereocenters. The van der Waals surface area contributed by atoms with Crippen LogP contribution < -0.4 is 15.4 Å². The minimum atomic E-state index is -0.526. The molecule has 1 aromatic carbocycles. The zero-order valence-electron chi connectivity index (χ0n) is 12.2. The van der Waals surface area contributed by atoms with Crippen LogP contribution in [0.1, 0.15) is 10.4 Å². The van der Waals surface area contributed by atoms with Crippen LogP contribution >= 0.6 is 0 Å². The minimum absolute atomic E-state index is 0.152.